The predicted octanol–water partition coefficient (Wildman–Crippen LogP) is 5.12. The van der Waals surface area contributed by atoms with E-state index in [0.717, 1.165) is 49.9 Å². The number of likely N-dealkylation sites (tertiary alicyclic amines) is 1. The van der Waals surface area contributed by atoms with Gasteiger partial charge in [-0.2, -0.15) is 0 Å². The molecule has 0 unspecified atom stereocenters. The number of benzene rings is 2. The van der Waals surface area contributed by atoms with Gasteiger partial charge in [0, 0.05) is 13.1 Å². The van der Waals surface area contributed by atoms with Gasteiger partial charge in [0.1, 0.15) is 5.75 Å². The number of carbonyl (C=O) groups excluding carboxylic acids is 2. The molecule has 5 nitrogen and oxygen atoms in total. The maximum absolute atomic E-state index is 13.1. The van der Waals surface area contributed by atoms with Crippen molar-refractivity contribution in [3.8, 4) is 5.75 Å². The van der Waals surface area contributed by atoms with Gasteiger partial charge in [-0.3, -0.25) is 9.59 Å². The second-order valence-electron chi connectivity index (χ2n) is 8.02. The molecule has 1 aliphatic rings. The lowest BCUT2D eigenvalue weighted by molar-refractivity contribution is -0.122. The van der Waals surface area contributed by atoms with Crippen LogP contribution in [0.5, 0.6) is 5.75 Å². The third kappa shape index (κ3) is 5.41. The fourth-order valence-corrected chi connectivity index (χ4v) is 3.75. The second kappa shape index (κ2) is 10.3. The molecular formula is C25H32N2O3. The molecule has 30 heavy (non-hydrogen) atoms. The molecule has 0 saturated carbocycles. The van der Waals surface area contributed by atoms with Crippen molar-refractivity contribution in [1.82, 2.24) is 4.90 Å². The molecule has 1 N–H and O–H groups in total. The number of carbonyl (C=O) groups is 2. The highest BCUT2D eigenvalue weighted by molar-refractivity contribution is 6.04. The zero-order chi connectivity index (χ0) is 21.5. The van der Waals surface area contributed by atoms with Crippen LogP contribution in [-0.4, -0.2) is 35.9 Å². The van der Waals surface area contributed by atoms with Crippen LogP contribution in [-0.2, 0) is 4.79 Å². The summed E-state index contributed by atoms with van der Waals surface area (Å²) in [6, 6.07) is 13.2. The molecule has 0 aliphatic carbocycles. The van der Waals surface area contributed by atoms with Crippen molar-refractivity contribution < 1.29 is 14.3 Å². The summed E-state index contributed by atoms with van der Waals surface area (Å²) in [5, 5.41) is 2.94. The number of hydrogen-bond donors (Lipinski definition) is 1. The Morgan fingerprint density at radius 1 is 1.03 bits per heavy atom. The summed E-state index contributed by atoms with van der Waals surface area (Å²) in [7, 11) is 0. The van der Waals surface area contributed by atoms with Gasteiger partial charge in [0.05, 0.1) is 11.3 Å². The normalized spacial score (nSPS) is 15.2. The number of hydrogen-bond acceptors (Lipinski definition) is 3. The summed E-state index contributed by atoms with van der Waals surface area (Å²) in [5.74, 6) is 0.455. The van der Waals surface area contributed by atoms with E-state index in [2.05, 4.69) is 5.32 Å². The van der Waals surface area contributed by atoms with E-state index in [0.29, 0.717) is 23.4 Å². The molecule has 2 aromatic carbocycles. The van der Waals surface area contributed by atoms with Gasteiger partial charge >= 0.3 is 0 Å². The average Bonchev–Trinajstić information content (AvgIpc) is 3.03. The summed E-state index contributed by atoms with van der Waals surface area (Å²) >= 11 is 0. The van der Waals surface area contributed by atoms with Gasteiger partial charge in [-0.1, -0.05) is 44.0 Å². The molecule has 160 valence electrons. The Hall–Kier alpha value is -2.82. The zero-order valence-electron chi connectivity index (χ0n) is 18.2. The van der Waals surface area contributed by atoms with Crippen molar-refractivity contribution in [3.63, 3.8) is 0 Å². The van der Waals surface area contributed by atoms with E-state index in [1.807, 2.05) is 56.0 Å². The number of anilines is 1. The number of amides is 2. The molecule has 1 saturated heterocycles. The molecule has 0 radical (unpaired) electrons. The van der Waals surface area contributed by atoms with Gasteiger partial charge in [0.2, 0.25) is 0 Å². The van der Waals surface area contributed by atoms with E-state index < -0.39 is 6.10 Å². The summed E-state index contributed by atoms with van der Waals surface area (Å²) < 4.78 is 6.04. The van der Waals surface area contributed by atoms with E-state index in [4.69, 9.17) is 4.74 Å². The summed E-state index contributed by atoms with van der Waals surface area (Å²) in [6.45, 7) is 7.43. The van der Waals surface area contributed by atoms with Crippen LogP contribution in [0.3, 0.4) is 0 Å². The summed E-state index contributed by atoms with van der Waals surface area (Å²) in [5.41, 5.74) is 3.15. The Morgan fingerprint density at radius 3 is 2.43 bits per heavy atom. The lowest BCUT2D eigenvalue weighted by Crippen LogP contribution is -2.35. The lowest BCUT2D eigenvalue weighted by atomic mass is 10.1. The molecule has 3 rings (SSSR count). The quantitative estimate of drug-likeness (QED) is 0.722. The monoisotopic (exact) mass is 408 g/mol. The fraction of sp³-hybridized carbons (Fsp3) is 0.440. The number of nitrogens with one attached hydrogen (secondary N) is 1. The maximum atomic E-state index is 13.1. The molecule has 5 heteroatoms. The van der Waals surface area contributed by atoms with Gasteiger partial charge in [0.15, 0.2) is 6.10 Å². The molecular weight excluding hydrogens is 376 g/mol. The van der Waals surface area contributed by atoms with Crippen molar-refractivity contribution in [3.05, 3.63) is 59.2 Å². The first-order valence-electron chi connectivity index (χ1n) is 10.9. The fourth-order valence-electron chi connectivity index (χ4n) is 3.75. The molecule has 1 aliphatic heterocycles. The van der Waals surface area contributed by atoms with E-state index >= 15 is 0 Å². The minimum atomic E-state index is -0.633. The van der Waals surface area contributed by atoms with Crippen molar-refractivity contribution in [2.45, 2.75) is 59.0 Å². The number of nitrogens with zero attached hydrogens (tertiary/aromatic N) is 1. The predicted molar refractivity (Wildman–Crippen MR) is 120 cm³/mol. The Balaban J connectivity index is 1.75. The van der Waals surface area contributed by atoms with Gasteiger partial charge in [-0.05, 0) is 62.4 Å². The van der Waals surface area contributed by atoms with Crippen LogP contribution in [0, 0.1) is 13.8 Å². The standard InChI is InChI=1S/C25H32N2O3/c1-4-22(30-23-17-18(2)13-14-19(23)3)24(28)26-21-12-8-7-11-20(21)25(29)27-15-9-5-6-10-16-27/h7-8,11-14,17,22H,4-6,9-10,15-16H2,1-3H3,(H,26,28)/t22-/m1/s1. The number of aryl methyl sites for hydroxylation is 2. The molecule has 1 fully saturated rings. The van der Waals surface area contributed by atoms with Gasteiger partial charge in [-0.25, -0.2) is 0 Å². The van der Waals surface area contributed by atoms with E-state index in [1.165, 1.54) is 0 Å². The third-order valence-corrected chi connectivity index (χ3v) is 5.58. The summed E-state index contributed by atoms with van der Waals surface area (Å²) in [4.78, 5) is 28.0. The minimum absolute atomic E-state index is 0.0173. The zero-order valence-corrected chi connectivity index (χ0v) is 18.2. The van der Waals surface area contributed by atoms with Crippen LogP contribution < -0.4 is 10.1 Å². The minimum Gasteiger partial charge on any atom is -0.480 e. The van der Waals surface area contributed by atoms with Crippen LogP contribution in [0.1, 0.15) is 60.5 Å². The molecule has 1 atom stereocenters. The molecule has 1 heterocycles. The van der Waals surface area contributed by atoms with Crippen molar-refractivity contribution in [2.75, 3.05) is 18.4 Å². The van der Waals surface area contributed by atoms with Crippen molar-refractivity contribution in [1.29, 1.82) is 0 Å². The summed E-state index contributed by atoms with van der Waals surface area (Å²) in [6.07, 6.45) is 4.28. The smallest absolute Gasteiger partial charge is 0.265 e. The van der Waals surface area contributed by atoms with Crippen molar-refractivity contribution >= 4 is 17.5 Å². The second-order valence-corrected chi connectivity index (χ2v) is 8.02. The first kappa shape index (κ1) is 21.9. The molecule has 2 aromatic rings. The Labute approximate surface area is 179 Å². The first-order valence-corrected chi connectivity index (χ1v) is 10.9. The third-order valence-electron chi connectivity index (χ3n) is 5.58. The van der Waals surface area contributed by atoms with E-state index in [-0.39, 0.29) is 11.8 Å². The molecule has 0 spiro atoms. The van der Waals surface area contributed by atoms with E-state index in [1.54, 1.807) is 12.1 Å². The highest BCUT2D eigenvalue weighted by atomic mass is 16.5. The molecule has 0 aromatic heterocycles. The Morgan fingerprint density at radius 2 is 1.73 bits per heavy atom. The van der Waals surface area contributed by atoms with Crippen LogP contribution in [0.2, 0.25) is 0 Å². The lowest BCUT2D eigenvalue weighted by Gasteiger charge is -2.23. The average molecular weight is 409 g/mol. The highest BCUT2D eigenvalue weighted by Gasteiger charge is 2.24. The Kier molecular flexibility index (Phi) is 7.50. The van der Waals surface area contributed by atoms with E-state index in [9.17, 15) is 9.59 Å². The largest absolute Gasteiger partial charge is 0.480 e. The van der Waals surface area contributed by atoms with Gasteiger partial charge in [0.25, 0.3) is 11.8 Å². The van der Waals surface area contributed by atoms with Crippen LogP contribution >= 0.6 is 0 Å². The van der Waals surface area contributed by atoms with Crippen LogP contribution in [0.4, 0.5) is 5.69 Å². The maximum Gasteiger partial charge on any atom is 0.265 e. The van der Waals surface area contributed by atoms with Gasteiger partial charge in [-0.15, -0.1) is 0 Å². The highest BCUT2D eigenvalue weighted by Crippen LogP contribution is 2.23. The first-order chi connectivity index (χ1) is 14.5. The van der Waals surface area contributed by atoms with Crippen LogP contribution in [0.25, 0.3) is 0 Å². The van der Waals surface area contributed by atoms with Gasteiger partial charge < -0.3 is 15.0 Å². The molecule has 2 amide bonds. The Bertz CT molecular complexity index is 886. The van der Waals surface area contributed by atoms with Crippen molar-refractivity contribution in [2.24, 2.45) is 0 Å². The number of para-hydroxylation sites is 1. The number of ether oxygens (including phenoxy) is 1. The van der Waals surface area contributed by atoms with Crippen LogP contribution in [0.15, 0.2) is 42.5 Å². The SMILES string of the molecule is CC[C@@H](Oc1cc(C)ccc1C)C(=O)Nc1ccccc1C(=O)N1CCCCCC1. The number of rotatable bonds is 6. The molecule has 0 bridgehead atoms. The topological polar surface area (TPSA) is 58.6 Å².